The van der Waals surface area contributed by atoms with Crippen molar-refractivity contribution in [2.24, 2.45) is 0 Å². The number of nitrogens with one attached hydrogen (secondary N) is 2. The molecule has 1 aromatic rings. The van der Waals surface area contributed by atoms with E-state index >= 15 is 0 Å². The molecule has 0 spiro atoms. The summed E-state index contributed by atoms with van der Waals surface area (Å²) in [6, 6.07) is 6.17. The molecule has 0 aromatic heterocycles. The lowest BCUT2D eigenvalue weighted by Crippen LogP contribution is -2.47. The molecular weight excluding hydrogens is 260 g/mol. The molecule has 2 rings (SSSR count). The first-order valence-electron chi connectivity index (χ1n) is 5.42. The number of halogens is 1. The van der Waals surface area contributed by atoms with E-state index in [9.17, 15) is 8.42 Å². The Morgan fingerprint density at radius 1 is 1.35 bits per heavy atom. The summed E-state index contributed by atoms with van der Waals surface area (Å²) in [5.74, 6) is 0. The van der Waals surface area contributed by atoms with Crippen LogP contribution in [-0.2, 0) is 10.0 Å². The van der Waals surface area contributed by atoms with E-state index in [-0.39, 0.29) is 4.90 Å². The maximum absolute atomic E-state index is 12.1. The van der Waals surface area contributed by atoms with Crippen LogP contribution in [0.25, 0.3) is 0 Å². The molecule has 0 bridgehead atoms. The highest BCUT2D eigenvalue weighted by molar-refractivity contribution is 7.89. The maximum atomic E-state index is 12.1. The highest BCUT2D eigenvalue weighted by atomic mass is 35.5. The van der Waals surface area contributed by atoms with Crippen LogP contribution in [0.3, 0.4) is 0 Å². The van der Waals surface area contributed by atoms with Gasteiger partial charge in [0.1, 0.15) is 0 Å². The van der Waals surface area contributed by atoms with Crippen LogP contribution in [0, 0.1) is 0 Å². The van der Waals surface area contributed by atoms with Crippen molar-refractivity contribution >= 4 is 21.6 Å². The predicted octanol–water partition coefficient (Wildman–Crippen LogP) is 1.37. The van der Waals surface area contributed by atoms with Gasteiger partial charge in [-0.15, -0.1) is 0 Å². The highest BCUT2D eigenvalue weighted by Crippen LogP contribution is 2.19. The molecule has 1 aromatic carbocycles. The van der Waals surface area contributed by atoms with Gasteiger partial charge in [0, 0.05) is 17.1 Å². The van der Waals surface area contributed by atoms with Gasteiger partial charge in [0.25, 0.3) is 0 Å². The van der Waals surface area contributed by atoms with Crippen LogP contribution in [0.4, 0.5) is 0 Å². The van der Waals surface area contributed by atoms with E-state index in [1.807, 2.05) is 6.92 Å². The van der Waals surface area contributed by atoms with Gasteiger partial charge >= 0.3 is 0 Å². The van der Waals surface area contributed by atoms with Gasteiger partial charge in [-0.2, -0.15) is 0 Å². The molecule has 1 fully saturated rings. The van der Waals surface area contributed by atoms with Gasteiger partial charge < -0.3 is 5.32 Å². The lowest BCUT2D eigenvalue weighted by molar-refractivity contribution is 0.452. The monoisotopic (exact) mass is 274 g/mol. The Morgan fingerprint density at radius 3 is 2.53 bits per heavy atom. The fraction of sp³-hybridized carbons (Fsp3) is 0.455. The first-order chi connectivity index (χ1) is 7.91. The Kier molecular flexibility index (Phi) is 3.45. The van der Waals surface area contributed by atoms with E-state index in [1.165, 1.54) is 12.1 Å². The summed E-state index contributed by atoms with van der Waals surface area (Å²) in [4.78, 5) is 0.245. The second-order valence-corrected chi connectivity index (χ2v) is 6.67. The van der Waals surface area contributed by atoms with Gasteiger partial charge in [-0.1, -0.05) is 11.6 Å². The molecule has 0 aliphatic carbocycles. The lowest BCUT2D eigenvalue weighted by Gasteiger charge is -2.24. The molecule has 0 saturated carbocycles. The molecule has 1 aliphatic rings. The third-order valence-electron chi connectivity index (χ3n) is 2.87. The minimum atomic E-state index is -3.47. The summed E-state index contributed by atoms with van der Waals surface area (Å²) in [5.41, 5.74) is -0.404. The van der Waals surface area contributed by atoms with Crippen LogP contribution >= 0.6 is 11.6 Å². The zero-order chi connectivity index (χ0) is 12.5. The molecule has 4 nitrogen and oxygen atoms in total. The van der Waals surface area contributed by atoms with Crippen LogP contribution in [0.1, 0.15) is 13.3 Å². The van der Waals surface area contributed by atoms with Crippen LogP contribution < -0.4 is 10.0 Å². The van der Waals surface area contributed by atoms with E-state index in [4.69, 9.17) is 11.6 Å². The lowest BCUT2D eigenvalue weighted by atomic mass is 10.0. The van der Waals surface area contributed by atoms with Crippen molar-refractivity contribution in [3.63, 3.8) is 0 Å². The minimum absolute atomic E-state index is 0.245. The first kappa shape index (κ1) is 12.8. The molecule has 1 saturated heterocycles. The van der Waals surface area contributed by atoms with Crippen molar-refractivity contribution < 1.29 is 8.42 Å². The standard InChI is InChI=1S/C11H15ClN2O2S/c1-11(6-7-13-8-11)14-17(15,16)10-4-2-9(12)3-5-10/h2-5,13-14H,6-8H2,1H3. The predicted molar refractivity (Wildman–Crippen MR) is 67.7 cm³/mol. The quantitative estimate of drug-likeness (QED) is 0.875. The number of rotatable bonds is 3. The van der Waals surface area contributed by atoms with Crippen molar-refractivity contribution in [1.82, 2.24) is 10.0 Å². The van der Waals surface area contributed by atoms with Crippen molar-refractivity contribution in [2.45, 2.75) is 23.8 Å². The highest BCUT2D eigenvalue weighted by Gasteiger charge is 2.33. The van der Waals surface area contributed by atoms with E-state index in [2.05, 4.69) is 10.0 Å². The fourth-order valence-electron chi connectivity index (χ4n) is 1.90. The van der Waals surface area contributed by atoms with Gasteiger partial charge in [-0.25, -0.2) is 13.1 Å². The average molecular weight is 275 g/mol. The number of hydrogen-bond acceptors (Lipinski definition) is 3. The van der Waals surface area contributed by atoms with Gasteiger partial charge in [0.15, 0.2) is 0 Å². The number of sulfonamides is 1. The summed E-state index contributed by atoms with van der Waals surface area (Å²) in [7, 11) is -3.47. The minimum Gasteiger partial charge on any atom is -0.315 e. The van der Waals surface area contributed by atoms with Crippen LogP contribution in [0.2, 0.25) is 5.02 Å². The summed E-state index contributed by atoms with van der Waals surface area (Å²) in [5, 5.41) is 3.67. The van der Waals surface area contributed by atoms with Gasteiger partial charge in [-0.3, -0.25) is 0 Å². The maximum Gasteiger partial charge on any atom is 0.241 e. The Morgan fingerprint density at radius 2 is 2.00 bits per heavy atom. The Balaban J connectivity index is 2.22. The normalized spacial score (nSPS) is 25.1. The van der Waals surface area contributed by atoms with Crippen LogP contribution in [0.5, 0.6) is 0 Å². The van der Waals surface area contributed by atoms with Gasteiger partial charge in [-0.05, 0) is 44.2 Å². The first-order valence-corrected chi connectivity index (χ1v) is 7.28. The third-order valence-corrected chi connectivity index (χ3v) is 4.78. The second-order valence-electron chi connectivity index (χ2n) is 4.55. The van der Waals surface area contributed by atoms with Crippen molar-refractivity contribution in [2.75, 3.05) is 13.1 Å². The molecule has 1 unspecified atom stereocenters. The summed E-state index contributed by atoms with van der Waals surface area (Å²) >= 11 is 5.73. The Hall–Kier alpha value is -0.620. The third kappa shape index (κ3) is 2.98. The molecule has 1 atom stereocenters. The number of hydrogen-bond donors (Lipinski definition) is 2. The van der Waals surface area contributed by atoms with E-state index in [1.54, 1.807) is 12.1 Å². The zero-order valence-electron chi connectivity index (χ0n) is 9.53. The van der Waals surface area contributed by atoms with Crippen LogP contribution in [-0.4, -0.2) is 27.0 Å². The molecule has 2 N–H and O–H groups in total. The van der Waals surface area contributed by atoms with E-state index in [0.717, 1.165) is 13.0 Å². The molecule has 94 valence electrons. The molecule has 1 heterocycles. The zero-order valence-corrected chi connectivity index (χ0v) is 11.1. The number of benzene rings is 1. The van der Waals surface area contributed by atoms with E-state index < -0.39 is 15.6 Å². The molecule has 6 heteroatoms. The van der Waals surface area contributed by atoms with Crippen molar-refractivity contribution in [3.05, 3.63) is 29.3 Å². The van der Waals surface area contributed by atoms with Crippen molar-refractivity contribution in [1.29, 1.82) is 0 Å². The topological polar surface area (TPSA) is 58.2 Å². The molecule has 0 radical (unpaired) electrons. The van der Waals surface area contributed by atoms with Gasteiger partial charge in [0.2, 0.25) is 10.0 Å². The summed E-state index contributed by atoms with van der Waals surface area (Å²) in [6.07, 6.45) is 0.791. The Labute approximate surface area is 106 Å². The SMILES string of the molecule is CC1(NS(=O)(=O)c2ccc(Cl)cc2)CCNC1. The molecule has 1 aliphatic heterocycles. The average Bonchev–Trinajstić information content (AvgIpc) is 2.64. The largest absolute Gasteiger partial charge is 0.315 e. The fourth-order valence-corrected chi connectivity index (χ4v) is 3.46. The Bertz CT molecular complexity index is 493. The van der Waals surface area contributed by atoms with E-state index in [0.29, 0.717) is 11.6 Å². The molecular formula is C11H15ClN2O2S. The molecule has 0 amide bonds. The summed E-state index contributed by atoms with van der Waals surface area (Å²) < 4.78 is 27.0. The molecule has 17 heavy (non-hydrogen) atoms. The van der Waals surface area contributed by atoms with Crippen molar-refractivity contribution in [3.8, 4) is 0 Å². The summed E-state index contributed by atoms with van der Waals surface area (Å²) in [6.45, 7) is 3.39. The van der Waals surface area contributed by atoms with Crippen LogP contribution in [0.15, 0.2) is 29.2 Å². The second kappa shape index (κ2) is 4.57. The smallest absolute Gasteiger partial charge is 0.241 e. The van der Waals surface area contributed by atoms with Gasteiger partial charge in [0.05, 0.1) is 4.90 Å².